The zero-order chi connectivity index (χ0) is 20.4. The molecule has 2 rings (SSSR count). The van der Waals surface area contributed by atoms with Crippen LogP contribution in [0.15, 0.2) is 42.5 Å². The second-order valence-electron chi connectivity index (χ2n) is 6.24. The smallest absolute Gasteiger partial charge is 0.325 e. The first-order chi connectivity index (χ1) is 12.4. The summed E-state index contributed by atoms with van der Waals surface area (Å²) >= 11 is 0. The SMILES string of the molecule is CC(C)(C(=O)Nc1ccc(C(F)(F)F)cc1)C(=O)Nc1ccc(F)c(F)c1. The highest BCUT2D eigenvalue weighted by molar-refractivity contribution is 6.13. The van der Waals surface area contributed by atoms with Gasteiger partial charge in [0.05, 0.1) is 5.56 Å². The predicted molar refractivity (Wildman–Crippen MR) is 88.8 cm³/mol. The third kappa shape index (κ3) is 4.81. The van der Waals surface area contributed by atoms with E-state index in [2.05, 4.69) is 10.6 Å². The second kappa shape index (κ2) is 7.34. The van der Waals surface area contributed by atoms with Crippen molar-refractivity contribution in [2.24, 2.45) is 5.41 Å². The molecule has 2 N–H and O–H groups in total. The minimum atomic E-state index is -4.51. The predicted octanol–water partition coefficient (Wildman–Crippen LogP) is 4.59. The van der Waals surface area contributed by atoms with E-state index in [0.29, 0.717) is 0 Å². The maximum absolute atomic E-state index is 13.2. The van der Waals surface area contributed by atoms with Gasteiger partial charge < -0.3 is 10.6 Å². The summed E-state index contributed by atoms with van der Waals surface area (Å²) in [6, 6.07) is 6.42. The number of alkyl halides is 3. The van der Waals surface area contributed by atoms with Crippen LogP contribution in [0.4, 0.5) is 33.3 Å². The van der Waals surface area contributed by atoms with Crippen LogP contribution < -0.4 is 10.6 Å². The molecule has 0 aliphatic rings. The highest BCUT2D eigenvalue weighted by Crippen LogP contribution is 2.30. The molecule has 0 saturated heterocycles. The maximum atomic E-state index is 13.2. The quantitative estimate of drug-likeness (QED) is 0.597. The zero-order valence-electron chi connectivity index (χ0n) is 14.2. The molecule has 0 aliphatic heterocycles. The Morgan fingerprint density at radius 2 is 1.26 bits per heavy atom. The van der Waals surface area contributed by atoms with Gasteiger partial charge in [-0.3, -0.25) is 9.59 Å². The summed E-state index contributed by atoms with van der Waals surface area (Å²) in [5, 5.41) is 4.64. The third-order valence-electron chi connectivity index (χ3n) is 3.78. The normalized spacial score (nSPS) is 11.8. The molecule has 0 bridgehead atoms. The summed E-state index contributed by atoms with van der Waals surface area (Å²) in [5.41, 5.74) is -2.50. The molecule has 0 unspecified atom stereocenters. The third-order valence-corrected chi connectivity index (χ3v) is 3.78. The Balaban J connectivity index is 2.09. The van der Waals surface area contributed by atoms with E-state index in [1.807, 2.05) is 0 Å². The monoisotopic (exact) mass is 386 g/mol. The highest BCUT2D eigenvalue weighted by atomic mass is 19.4. The number of hydrogen-bond acceptors (Lipinski definition) is 2. The molecule has 9 heteroatoms. The van der Waals surface area contributed by atoms with Gasteiger partial charge in [-0.2, -0.15) is 13.2 Å². The standard InChI is InChI=1S/C18H15F5N2O2/c1-17(2,16(27)25-12-7-8-13(19)14(20)9-12)15(26)24-11-5-3-10(4-6-11)18(21,22)23/h3-9H,1-2H3,(H,24,26)(H,25,27). The molecule has 0 heterocycles. The molecule has 4 nitrogen and oxygen atoms in total. The zero-order valence-corrected chi connectivity index (χ0v) is 14.2. The van der Waals surface area contributed by atoms with Gasteiger partial charge in [0.15, 0.2) is 11.6 Å². The molecule has 0 atom stereocenters. The molecule has 27 heavy (non-hydrogen) atoms. The van der Waals surface area contributed by atoms with Crippen LogP contribution in [-0.4, -0.2) is 11.8 Å². The summed E-state index contributed by atoms with van der Waals surface area (Å²) in [5.74, 6) is -3.85. The first kappa shape index (κ1) is 20.3. The molecule has 0 aliphatic carbocycles. The lowest BCUT2D eigenvalue weighted by molar-refractivity contribution is -0.137. The van der Waals surface area contributed by atoms with Crippen LogP contribution in [0.25, 0.3) is 0 Å². The molecular weight excluding hydrogens is 371 g/mol. The number of anilines is 2. The van der Waals surface area contributed by atoms with Crippen LogP contribution in [0.5, 0.6) is 0 Å². The van der Waals surface area contributed by atoms with Gasteiger partial charge in [0.1, 0.15) is 5.41 Å². The van der Waals surface area contributed by atoms with Crippen molar-refractivity contribution in [1.82, 2.24) is 0 Å². The van der Waals surface area contributed by atoms with Gasteiger partial charge in [0.25, 0.3) is 0 Å². The number of rotatable bonds is 4. The first-order valence-corrected chi connectivity index (χ1v) is 7.66. The van der Waals surface area contributed by atoms with Gasteiger partial charge in [-0.1, -0.05) is 0 Å². The molecule has 2 amide bonds. The van der Waals surface area contributed by atoms with Crippen molar-refractivity contribution in [3.63, 3.8) is 0 Å². The summed E-state index contributed by atoms with van der Waals surface area (Å²) in [7, 11) is 0. The Kier molecular flexibility index (Phi) is 5.53. The molecule has 0 saturated carbocycles. The number of amides is 2. The largest absolute Gasteiger partial charge is 0.416 e. The Bertz CT molecular complexity index is 861. The van der Waals surface area contributed by atoms with Crippen molar-refractivity contribution in [3.8, 4) is 0 Å². The average molecular weight is 386 g/mol. The Hall–Kier alpha value is -2.97. The Labute approximate surface area is 151 Å². The van der Waals surface area contributed by atoms with E-state index >= 15 is 0 Å². The summed E-state index contributed by atoms with van der Waals surface area (Å²) < 4.78 is 63.8. The van der Waals surface area contributed by atoms with Crippen LogP contribution in [0.2, 0.25) is 0 Å². The molecule has 2 aromatic carbocycles. The van der Waals surface area contributed by atoms with E-state index in [1.165, 1.54) is 13.8 Å². The lowest BCUT2D eigenvalue weighted by Gasteiger charge is -2.23. The number of halogens is 5. The Morgan fingerprint density at radius 1 is 0.778 bits per heavy atom. The molecule has 0 aromatic heterocycles. The van der Waals surface area contributed by atoms with Crippen molar-refractivity contribution in [2.45, 2.75) is 20.0 Å². The molecule has 0 spiro atoms. The minimum absolute atomic E-state index is 0.0469. The summed E-state index contributed by atoms with van der Waals surface area (Å²) in [6.07, 6.45) is -4.51. The van der Waals surface area contributed by atoms with Gasteiger partial charge in [0.2, 0.25) is 11.8 Å². The lowest BCUT2D eigenvalue weighted by atomic mass is 9.90. The Morgan fingerprint density at radius 3 is 1.74 bits per heavy atom. The van der Waals surface area contributed by atoms with Crippen molar-refractivity contribution in [2.75, 3.05) is 10.6 Å². The summed E-state index contributed by atoms with van der Waals surface area (Å²) in [6.45, 7) is 2.56. The van der Waals surface area contributed by atoms with Crippen molar-refractivity contribution in [1.29, 1.82) is 0 Å². The van der Waals surface area contributed by atoms with Gasteiger partial charge in [0, 0.05) is 17.4 Å². The van der Waals surface area contributed by atoms with Crippen molar-refractivity contribution >= 4 is 23.2 Å². The second-order valence-corrected chi connectivity index (χ2v) is 6.24. The fraction of sp³-hybridized carbons (Fsp3) is 0.222. The van der Waals surface area contributed by atoms with Gasteiger partial charge in [-0.15, -0.1) is 0 Å². The molecule has 0 radical (unpaired) electrons. The number of carbonyl (C=O) groups is 2. The molecule has 144 valence electrons. The number of carbonyl (C=O) groups excluding carboxylic acids is 2. The van der Waals surface area contributed by atoms with Crippen molar-refractivity contribution in [3.05, 3.63) is 59.7 Å². The molecule has 2 aromatic rings. The van der Waals surface area contributed by atoms with Gasteiger partial charge in [-0.25, -0.2) is 8.78 Å². The topological polar surface area (TPSA) is 58.2 Å². The fourth-order valence-electron chi connectivity index (χ4n) is 1.99. The summed E-state index contributed by atoms with van der Waals surface area (Å²) in [4.78, 5) is 24.7. The fourth-order valence-corrected chi connectivity index (χ4v) is 1.99. The van der Waals surface area contributed by atoms with Gasteiger partial charge >= 0.3 is 6.18 Å². The number of benzene rings is 2. The van der Waals surface area contributed by atoms with E-state index in [-0.39, 0.29) is 11.4 Å². The van der Waals surface area contributed by atoms with E-state index in [1.54, 1.807) is 0 Å². The molecule has 0 fully saturated rings. The van der Waals surface area contributed by atoms with Crippen LogP contribution >= 0.6 is 0 Å². The van der Waals surface area contributed by atoms with E-state index < -0.39 is 40.6 Å². The van der Waals surface area contributed by atoms with Crippen LogP contribution in [0.1, 0.15) is 19.4 Å². The van der Waals surface area contributed by atoms with Crippen LogP contribution in [0, 0.1) is 17.0 Å². The van der Waals surface area contributed by atoms with E-state index in [0.717, 1.165) is 42.5 Å². The van der Waals surface area contributed by atoms with Crippen LogP contribution in [0.3, 0.4) is 0 Å². The van der Waals surface area contributed by atoms with Crippen LogP contribution in [-0.2, 0) is 15.8 Å². The van der Waals surface area contributed by atoms with Crippen molar-refractivity contribution < 1.29 is 31.5 Å². The maximum Gasteiger partial charge on any atom is 0.416 e. The highest BCUT2D eigenvalue weighted by Gasteiger charge is 2.36. The molecular formula is C18H15F5N2O2. The minimum Gasteiger partial charge on any atom is -0.325 e. The van der Waals surface area contributed by atoms with E-state index in [9.17, 15) is 31.5 Å². The lowest BCUT2D eigenvalue weighted by Crippen LogP contribution is -2.41. The number of hydrogen-bond donors (Lipinski definition) is 2. The average Bonchev–Trinajstić information content (AvgIpc) is 2.57. The van der Waals surface area contributed by atoms with Gasteiger partial charge in [-0.05, 0) is 50.2 Å². The van der Waals surface area contributed by atoms with E-state index in [4.69, 9.17) is 0 Å². The first-order valence-electron chi connectivity index (χ1n) is 7.66. The number of nitrogens with one attached hydrogen (secondary N) is 2.